The Labute approximate surface area is 98.2 Å². The summed E-state index contributed by atoms with van der Waals surface area (Å²) in [6.07, 6.45) is 1.73. The molecule has 0 saturated carbocycles. The third kappa shape index (κ3) is 1.52. The van der Waals surface area contributed by atoms with Crippen LogP contribution in [0.2, 0.25) is 0 Å². The number of hydrogen-bond acceptors (Lipinski definition) is 3. The largest absolute Gasteiger partial charge is 0.288 e. The molecule has 0 amide bonds. The molecule has 0 atom stereocenters. The van der Waals surface area contributed by atoms with Gasteiger partial charge in [0.15, 0.2) is 0 Å². The highest BCUT2D eigenvalue weighted by molar-refractivity contribution is 7.83. The number of Topliss-reactive ketones (excluding diaryl/α,β-unsaturated/α-hetero) is 1. The third-order valence-corrected chi connectivity index (χ3v) is 3.60. The number of thiol groups is 1. The van der Waals surface area contributed by atoms with Gasteiger partial charge in [0.2, 0.25) is 5.78 Å². The molecule has 2 rings (SSSR count). The zero-order valence-electron chi connectivity index (χ0n) is 8.28. The summed E-state index contributed by atoms with van der Waals surface area (Å²) in [5.41, 5.74) is 3.55. The summed E-state index contributed by atoms with van der Waals surface area (Å²) in [5.74, 6) is 0.0789. The molecule has 1 heterocycles. The number of ketones is 1. The molecule has 15 heavy (non-hydrogen) atoms. The van der Waals surface area contributed by atoms with Crippen molar-refractivity contribution in [2.24, 2.45) is 0 Å². The van der Waals surface area contributed by atoms with Crippen molar-refractivity contribution >= 4 is 35.3 Å². The van der Waals surface area contributed by atoms with Gasteiger partial charge in [-0.05, 0) is 41.0 Å². The molecule has 0 bridgehead atoms. The molecule has 0 aromatic carbocycles. The predicted molar refractivity (Wildman–Crippen MR) is 68.5 cm³/mol. The van der Waals surface area contributed by atoms with E-state index in [0.717, 1.165) is 21.6 Å². The zero-order chi connectivity index (χ0) is 11.0. The minimum atomic E-state index is 0.0789. The Morgan fingerprint density at radius 1 is 1.53 bits per heavy atom. The van der Waals surface area contributed by atoms with Gasteiger partial charge < -0.3 is 0 Å². The van der Waals surface area contributed by atoms with Crippen LogP contribution in [0, 0.1) is 0 Å². The van der Waals surface area contributed by atoms with Crippen LogP contribution in [0.25, 0.3) is 5.57 Å². The smallest absolute Gasteiger partial charge is 0.203 e. The molecular weight excluding hydrogens is 224 g/mol. The molecule has 1 aliphatic rings. The van der Waals surface area contributed by atoms with E-state index in [0.29, 0.717) is 5.57 Å². The molecule has 3 heteroatoms. The standard InChI is InChI=1S/C12H10OS2/c1-7-8(2)10-4-6-15-12(10)11(13)9(7)3-5-14/h3-6,14H,2H2,1H3/b5-3-. The van der Waals surface area contributed by atoms with Crippen LogP contribution < -0.4 is 0 Å². The Balaban J connectivity index is 2.65. The summed E-state index contributed by atoms with van der Waals surface area (Å²) in [6.45, 7) is 5.93. The van der Waals surface area contributed by atoms with Gasteiger partial charge in [0, 0.05) is 11.1 Å². The predicted octanol–water partition coefficient (Wildman–Crippen LogP) is 3.72. The number of rotatable bonds is 1. The summed E-state index contributed by atoms with van der Waals surface area (Å²) >= 11 is 5.47. The van der Waals surface area contributed by atoms with Crippen LogP contribution >= 0.6 is 24.0 Å². The fourth-order valence-corrected chi connectivity index (χ4v) is 2.68. The highest BCUT2D eigenvalue weighted by Gasteiger charge is 2.25. The van der Waals surface area contributed by atoms with E-state index >= 15 is 0 Å². The van der Waals surface area contributed by atoms with Crippen molar-refractivity contribution in [3.05, 3.63) is 51.1 Å². The van der Waals surface area contributed by atoms with E-state index in [2.05, 4.69) is 19.2 Å². The van der Waals surface area contributed by atoms with Crippen molar-refractivity contribution in [1.29, 1.82) is 0 Å². The summed E-state index contributed by atoms with van der Waals surface area (Å²) < 4.78 is 0. The number of thiophene rings is 1. The van der Waals surface area contributed by atoms with Gasteiger partial charge in [0.1, 0.15) is 0 Å². The van der Waals surface area contributed by atoms with Crippen LogP contribution in [0.15, 0.2) is 40.7 Å². The minimum absolute atomic E-state index is 0.0789. The molecule has 0 unspecified atom stereocenters. The van der Waals surface area contributed by atoms with Crippen LogP contribution in [-0.2, 0) is 0 Å². The van der Waals surface area contributed by atoms with Crippen molar-refractivity contribution in [2.45, 2.75) is 6.92 Å². The number of fused-ring (bicyclic) bond motifs is 1. The Morgan fingerprint density at radius 3 is 2.93 bits per heavy atom. The Morgan fingerprint density at radius 2 is 2.27 bits per heavy atom. The highest BCUT2D eigenvalue weighted by atomic mass is 32.1. The normalized spacial score (nSPS) is 16.4. The molecule has 0 fully saturated rings. The van der Waals surface area contributed by atoms with Crippen LogP contribution in [-0.4, -0.2) is 5.78 Å². The first-order chi connectivity index (χ1) is 7.16. The lowest BCUT2D eigenvalue weighted by Crippen LogP contribution is -2.10. The van der Waals surface area contributed by atoms with Gasteiger partial charge in [-0.25, -0.2) is 0 Å². The lowest BCUT2D eigenvalue weighted by Gasteiger charge is -2.16. The van der Waals surface area contributed by atoms with Crippen molar-refractivity contribution in [3.63, 3.8) is 0 Å². The molecule has 0 N–H and O–H groups in total. The van der Waals surface area contributed by atoms with Gasteiger partial charge in [-0.15, -0.1) is 11.3 Å². The monoisotopic (exact) mass is 234 g/mol. The van der Waals surface area contributed by atoms with E-state index in [4.69, 9.17) is 0 Å². The molecule has 76 valence electrons. The number of hydrogen-bond donors (Lipinski definition) is 1. The molecule has 1 aromatic rings. The molecular formula is C12H10OS2. The summed E-state index contributed by atoms with van der Waals surface area (Å²) in [7, 11) is 0. The molecule has 1 nitrogen and oxygen atoms in total. The van der Waals surface area contributed by atoms with Crippen LogP contribution in [0.3, 0.4) is 0 Å². The van der Waals surface area contributed by atoms with Crippen molar-refractivity contribution in [2.75, 3.05) is 0 Å². The average molecular weight is 234 g/mol. The lowest BCUT2D eigenvalue weighted by atomic mass is 9.88. The first-order valence-electron chi connectivity index (χ1n) is 4.50. The second-order valence-corrected chi connectivity index (χ2v) is 4.54. The van der Waals surface area contributed by atoms with Crippen molar-refractivity contribution in [3.8, 4) is 0 Å². The van der Waals surface area contributed by atoms with Gasteiger partial charge in [-0.2, -0.15) is 12.6 Å². The van der Waals surface area contributed by atoms with Gasteiger partial charge in [-0.3, -0.25) is 4.79 Å². The lowest BCUT2D eigenvalue weighted by molar-refractivity contribution is 0.104. The maximum absolute atomic E-state index is 12.0. The zero-order valence-corrected chi connectivity index (χ0v) is 9.99. The van der Waals surface area contributed by atoms with Gasteiger partial charge in [0.05, 0.1) is 4.88 Å². The Kier molecular flexibility index (Phi) is 2.67. The van der Waals surface area contributed by atoms with E-state index < -0.39 is 0 Å². The SMILES string of the molecule is C=C1C(C)=C(/C=C\S)C(=O)c2sccc21. The van der Waals surface area contributed by atoms with E-state index in [1.807, 2.05) is 18.4 Å². The van der Waals surface area contributed by atoms with Crippen LogP contribution in [0.5, 0.6) is 0 Å². The second-order valence-electron chi connectivity index (χ2n) is 3.33. The molecule has 0 aliphatic heterocycles. The van der Waals surface area contributed by atoms with E-state index in [9.17, 15) is 4.79 Å². The van der Waals surface area contributed by atoms with E-state index in [1.165, 1.54) is 11.3 Å². The topological polar surface area (TPSA) is 17.1 Å². The molecule has 0 radical (unpaired) electrons. The van der Waals surface area contributed by atoms with E-state index in [1.54, 1.807) is 11.5 Å². The Bertz CT molecular complexity index is 503. The maximum Gasteiger partial charge on any atom is 0.203 e. The molecule has 0 saturated heterocycles. The van der Waals surface area contributed by atoms with Crippen molar-refractivity contribution in [1.82, 2.24) is 0 Å². The molecule has 0 spiro atoms. The summed E-state index contributed by atoms with van der Waals surface area (Å²) in [5, 5.41) is 3.51. The number of carbonyl (C=O) groups is 1. The first kappa shape index (κ1) is 10.5. The first-order valence-corrected chi connectivity index (χ1v) is 5.90. The highest BCUT2D eigenvalue weighted by Crippen LogP contribution is 2.37. The molecule has 1 aliphatic carbocycles. The second kappa shape index (κ2) is 3.83. The van der Waals surface area contributed by atoms with E-state index in [-0.39, 0.29) is 5.78 Å². The van der Waals surface area contributed by atoms with Gasteiger partial charge in [-0.1, -0.05) is 6.58 Å². The van der Waals surface area contributed by atoms with Gasteiger partial charge in [0.25, 0.3) is 0 Å². The maximum atomic E-state index is 12.0. The quantitative estimate of drug-likeness (QED) is 0.733. The average Bonchev–Trinajstić information content (AvgIpc) is 2.70. The fraction of sp³-hybridized carbons (Fsp3) is 0.0833. The third-order valence-electron chi connectivity index (χ3n) is 2.54. The summed E-state index contributed by atoms with van der Waals surface area (Å²) in [6, 6.07) is 1.95. The number of carbonyl (C=O) groups excluding carboxylic acids is 1. The van der Waals surface area contributed by atoms with Crippen molar-refractivity contribution < 1.29 is 4.79 Å². The fourth-order valence-electron chi connectivity index (χ4n) is 1.66. The summed E-state index contributed by atoms with van der Waals surface area (Å²) in [4.78, 5) is 12.8. The minimum Gasteiger partial charge on any atom is -0.288 e. The number of allylic oxidation sites excluding steroid dienone is 4. The molecule has 1 aromatic heterocycles. The van der Waals surface area contributed by atoms with Gasteiger partial charge >= 0.3 is 0 Å². The Hall–Kier alpha value is -1.06. The van der Waals surface area contributed by atoms with Crippen LogP contribution in [0.1, 0.15) is 22.2 Å². The van der Waals surface area contributed by atoms with Crippen LogP contribution in [0.4, 0.5) is 0 Å².